The smallest absolute Gasteiger partial charge is 0.135 e. The molecule has 190 valence electrons. The van der Waals surface area contributed by atoms with Crippen molar-refractivity contribution in [3.63, 3.8) is 0 Å². The van der Waals surface area contributed by atoms with Crippen LogP contribution >= 0.6 is 0 Å². The first-order valence-corrected chi connectivity index (χ1v) is 14.1. The third kappa shape index (κ3) is 3.30. The first kappa shape index (κ1) is 22.4. The van der Waals surface area contributed by atoms with Gasteiger partial charge >= 0.3 is 0 Å². The number of hydrogen-bond donors (Lipinski definition) is 0. The van der Waals surface area contributed by atoms with Gasteiger partial charge in [-0.05, 0) is 83.7 Å². The Balaban J connectivity index is 1.24. The molecule has 1 aliphatic heterocycles. The fourth-order valence-corrected chi connectivity index (χ4v) is 6.78. The molecule has 8 aromatic rings. The molecule has 0 N–H and O–H groups in total. The van der Waals surface area contributed by atoms with Crippen molar-refractivity contribution in [2.75, 3.05) is 0 Å². The SMILES string of the molecule is c1ccc2c(c1)Oc1ccc(-c3ccc(-c4c5ccccc5cc5c4ccc4ccccc45)cc3)c3cccc-2c13. The molecule has 0 bridgehead atoms. The number of fused-ring (bicyclic) bond motifs is 6. The number of benzene rings is 8. The largest absolute Gasteiger partial charge is 0.456 e. The highest BCUT2D eigenvalue weighted by molar-refractivity contribution is 6.20. The highest BCUT2D eigenvalue weighted by Gasteiger charge is 2.21. The quantitative estimate of drug-likeness (QED) is 0.163. The lowest BCUT2D eigenvalue weighted by atomic mass is 9.88. The van der Waals surface area contributed by atoms with Gasteiger partial charge in [-0.25, -0.2) is 0 Å². The molecule has 0 fully saturated rings. The fraction of sp³-hybridized carbons (Fsp3) is 0. The molecule has 0 spiro atoms. The molecule has 0 saturated carbocycles. The fourth-order valence-electron chi connectivity index (χ4n) is 6.78. The third-order valence-corrected chi connectivity index (χ3v) is 8.65. The Morgan fingerprint density at radius 1 is 0.341 bits per heavy atom. The van der Waals surface area contributed by atoms with E-state index in [0.717, 1.165) is 17.1 Å². The topological polar surface area (TPSA) is 9.23 Å². The molecule has 1 heterocycles. The van der Waals surface area contributed by atoms with E-state index in [4.69, 9.17) is 4.74 Å². The van der Waals surface area contributed by atoms with Crippen LogP contribution in [-0.2, 0) is 0 Å². The van der Waals surface area contributed by atoms with Crippen molar-refractivity contribution in [3.05, 3.63) is 146 Å². The molecular formula is C40H24O. The van der Waals surface area contributed by atoms with Crippen molar-refractivity contribution >= 4 is 43.1 Å². The lowest BCUT2D eigenvalue weighted by molar-refractivity contribution is 0.487. The van der Waals surface area contributed by atoms with Crippen LogP contribution in [0.3, 0.4) is 0 Å². The molecule has 0 saturated heterocycles. The molecule has 1 aliphatic rings. The van der Waals surface area contributed by atoms with Crippen LogP contribution in [0.2, 0.25) is 0 Å². The second-order valence-electron chi connectivity index (χ2n) is 10.9. The summed E-state index contributed by atoms with van der Waals surface area (Å²) in [5.74, 6) is 1.84. The van der Waals surface area contributed by atoms with Crippen molar-refractivity contribution < 1.29 is 4.74 Å². The van der Waals surface area contributed by atoms with Gasteiger partial charge in [0.15, 0.2) is 0 Å². The predicted octanol–water partition coefficient (Wildman–Crippen LogP) is 11.4. The Bertz CT molecular complexity index is 2330. The normalized spacial score (nSPS) is 12.1. The van der Waals surface area contributed by atoms with Crippen LogP contribution in [0.5, 0.6) is 11.5 Å². The Morgan fingerprint density at radius 2 is 1.05 bits per heavy atom. The number of rotatable bonds is 2. The van der Waals surface area contributed by atoms with E-state index in [2.05, 4.69) is 133 Å². The number of para-hydroxylation sites is 1. The predicted molar refractivity (Wildman–Crippen MR) is 173 cm³/mol. The zero-order chi connectivity index (χ0) is 26.9. The minimum atomic E-state index is 0.916. The minimum absolute atomic E-state index is 0.916. The molecule has 0 atom stereocenters. The van der Waals surface area contributed by atoms with E-state index in [1.807, 2.05) is 12.1 Å². The molecule has 0 radical (unpaired) electrons. The summed E-state index contributed by atoms with van der Waals surface area (Å²) >= 11 is 0. The van der Waals surface area contributed by atoms with Gasteiger partial charge in [0.25, 0.3) is 0 Å². The van der Waals surface area contributed by atoms with Crippen LogP contribution < -0.4 is 4.74 Å². The van der Waals surface area contributed by atoms with E-state index in [-0.39, 0.29) is 0 Å². The van der Waals surface area contributed by atoms with Gasteiger partial charge in [-0.2, -0.15) is 0 Å². The van der Waals surface area contributed by atoms with Crippen molar-refractivity contribution in [3.8, 4) is 44.9 Å². The molecule has 1 heteroatoms. The first-order valence-electron chi connectivity index (χ1n) is 14.1. The van der Waals surface area contributed by atoms with E-state index in [1.54, 1.807) is 0 Å². The number of hydrogen-bond acceptors (Lipinski definition) is 1. The van der Waals surface area contributed by atoms with Crippen LogP contribution in [0, 0.1) is 0 Å². The summed E-state index contributed by atoms with van der Waals surface area (Å²) in [4.78, 5) is 0. The maximum atomic E-state index is 6.33. The second-order valence-corrected chi connectivity index (χ2v) is 10.9. The highest BCUT2D eigenvalue weighted by Crippen LogP contribution is 2.48. The minimum Gasteiger partial charge on any atom is -0.456 e. The zero-order valence-corrected chi connectivity index (χ0v) is 22.3. The van der Waals surface area contributed by atoms with Crippen LogP contribution in [0.25, 0.3) is 76.5 Å². The Labute approximate surface area is 237 Å². The van der Waals surface area contributed by atoms with Gasteiger partial charge in [0.2, 0.25) is 0 Å². The van der Waals surface area contributed by atoms with Gasteiger partial charge in [0.05, 0.1) is 0 Å². The van der Waals surface area contributed by atoms with Crippen LogP contribution in [0.15, 0.2) is 146 Å². The lowest BCUT2D eigenvalue weighted by Gasteiger charge is -2.22. The van der Waals surface area contributed by atoms with Crippen molar-refractivity contribution in [2.45, 2.75) is 0 Å². The van der Waals surface area contributed by atoms with E-state index in [1.165, 1.54) is 70.9 Å². The molecule has 9 rings (SSSR count). The van der Waals surface area contributed by atoms with E-state index in [9.17, 15) is 0 Å². The second kappa shape index (κ2) is 8.55. The lowest BCUT2D eigenvalue weighted by Crippen LogP contribution is -1.97. The van der Waals surface area contributed by atoms with Gasteiger partial charge in [0.1, 0.15) is 11.5 Å². The third-order valence-electron chi connectivity index (χ3n) is 8.65. The summed E-state index contributed by atoms with van der Waals surface area (Å²) < 4.78 is 6.33. The Hall–Kier alpha value is -5.40. The Kier molecular flexibility index (Phi) is 4.67. The monoisotopic (exact) mass is 520 g/mol. The number of ether oxygens (including phenoxy) is 1. The molecule has 0 aliphatic carbocycles. The molecule has 0 amide bonds. The summed E-state index contributed by atoms with van der Waals surface area (Å²) in [6, 6.07) is 52.6. The zero-order valence-electron chi connectivity index (χ0n) is 22.3. The van der Waals surface area contributed by atoms with Gasteiger partial charge in [-0.1, -0.05) is 127 Å². The summed E-state index contributed by atoms with van der Waals surface area (Å²) in [6.45, 7) is 0. The van der Waals surface area contributed by atoms with Gasteiger partial charge in [0, 0.05) is 10.9 Å². The molecule has 0 unspecified atom stereocenters. The average Bonchev–Trinajstić information content (AvgIpc) is 3.04. The van der Waals surface area contributed by atoms with Gasteiger partial charge in [-0.15, -0.1) is 0 Å². The van der Waals surface area contributed by atoms with Crippen LogP contribution in [-0.4, -0.2) is 0 Å². The summed E-state index contributed by atoms with van der Waals surface area (Å²) in [5, 5.41) is 10.1. The average molecular weight is 521 g/mol. The maximum absolute atomic E-state index is 6.33. The molecular weight excluding hydrogens is 496 g/mol. The van der Waals surface area contributed by atoms with E-state index >= 15 is 0 Å². The molecule has 1 nitrogen and oxygen atoms in total. The van der Waals surface area contributed by atoms with Gasteiger partial charge < -0.3 is 4.74 Å². The molecule has 41 heavy (non-hydrogen) atoms. The standard InChI is InChI=1S/C40H24O/c1-3-10-29-25(8-1)20-21-35-36(29)24-28-9-2-4-11-31(28)39(35)27-18-16-26(17-19-27)30-22-23-38-40-33(30)13-7-14-34(40)32-12-5-6-15-37(32)41-38/h1-24H. The van der Waals surface area contributed by atoms with Crippen molar-refractivity contribution in [1.29, 1.82) is 0 Å². The Morgan fingerprint density at radius 3 is 1.95 bits per heavy atom. The maximum Gasteiger partial charge on any atom is 0.135 e. The van der Waals surface area contributed by atoms with E-state index < -0.39 is 0 Å². The van der Waals surface area contributed by atoms with Crippen molar-refractivity contribution in [2.24, 2.45) is 0 Å². The van der Waals surface area contributed by atoms with Crippen LogP contribution in [0.4, 0.5) is 0 Å². The van der Waals surface area contributed by atoms with Gasteiger partial charge in [-0.3, -0.25) is 0 Å². The summed E-state index contributed by atoms with van der Waals surface area (Å²) in [7, 11) is 0. The molecule has 8 aromatic carbocycles. The van der Waals surface area contributed by atoms with Crippen molar-refractivity contribution in [1.82, 2.24) is 0 Å². The summed E-state index contributed by atoms with van der Waals surface area (Å²) in [5.41, 5.74) is 7.31. The summed E-state index contributed by atoms with van der Waals surface area (Å²) in [6.07, 6.45) is 0. The highest BCUT2D eigenvalue weighted by atomic mass is 16.5. The van der Waals surface area contributed by atoms with Crippen LogP contribution in [0.1, 0.15) is 0 Å². The first-order chi connectivity index (χ1) is 20.3. The van der Waals surface area contributed by atoms with E-state index in [0.29, 0.717) is 0 Å². The molecule has 0 aromatic heterocycles.